The second kappa shape index (κ2) is 13.3. The topological polar surface area (TPSA) is 215 Å². The molecule has 0 fully saturated rings. The van der Waals surface area contributed by atoms with Crippen molar-refractivity contribution in [3.63, 3.8) is 0 Å². The van der Waals surface area contributed by atoms with E-state index in [4.69, 9.17) is 14.6 Å². The standard InChI is InChI=1S/C25H39N5O10/c1-23(2,3)39-21(37)28-16(11-14-12-30(13-26-14)22(38)40-24(4,5)6)18(33)29-25(7,8)20(36)27-15(19(34)35)9-10-17(31)32/h12-13,15-16H,9-11H2,1-8H3,(H,27,36)(H,28,37)(H,29,33)(H,31,32)(H,34,35)/t15-,16-/m0/s1. The van der Waals surface area contributed by atoms with Crippen LogP contribution in [0.15, 0.2) is 12.5 Å². The third-order valence-corrected chi connectivity index (χ3v) is 4.91. The number of carbonyl (C=O) groups excluding carboxylic acids is 4. The Bertz CT molecular complexity index is 1110. The molecule has 0 aliphatic rings. The maximum atomic E-state index is 13.3. The fourth-order valence-corrected chi connectivity index (χ4v) is 3.07. The van der Waals surface area contributed by atoms with E-state index in [-0.39, 0.29) is 18.5 Å². The van der Waals surface area contributed by atoms with Crippen molar-refractivity contribution in [2.24, 2.45) is 0 Å². The van der Waals surface area contributed by atoms with Gasteiger partial charge >= 0.3 is 24.1 Å². The predicted octanol–water partition coefficient (Wildman–Crippen LogP) is 1.43. The van der Waals surface area contributed by atoms with Crippen molar-refractivity contribution < 1.29 is 48.5 Å². The number of alkyl carbamates (subject to hydrolysis) is 1. The summed E-state index contributed by atoms with van der Waals surface area (Å²) in [6.45, 7) is 12.6. The van der Waals surface area contributed by atoms with Crippen LogP contribution < -0.4 is 16.0 Å². The molecule has 1 aromatic rings. The smallest absolute Gasteiger partial charge is 0.419 e. The van der Waals surface area contributed by atoms with E-state index in [1.54, 1.807) is 41.5 Å². The summed E-state index contributed by atoms with van der Waals surface area (Å²) in [6.07, 6.45) is -0.211. The molecule has 0 aliphatic carbocycles. The second-order valence-electron chi connectivity index (χ2n) is 11.6. The summed E-state index contributed by atoms with van der Waals surface area (Å²) in [5.74, 6) is -4.42. The number of nitrogens with zero attached hydrogens (tertiary/aromatic N) is 2. The summed E-state index contributed by atoms with van der Waals surface area (Å²) in [7, 11) is 0. The third kappa shape index (κ3) is 12.1. The van der Waals surface area contributed by atoms with Crippen molar-refractivity contribution in [2.45, 2.75) is 103 Å². The van der Waals surface area contributed by atoms with E-state index >= 15 is 0 Å². The first-order valence-electron chi connectivity index (χ1n) is 12.4. The molecule has 0 unspecified atom stereocenters. The number of hydrogen-bond acceptors (Lipinski definition) is 9. The number of hydrogen-bond donors (Lipinski definition) is 5. The van der Waals surface area contributed by atoms with Crippen LogP contribution in [-0.4, -0.2) is 84.5 Å². The number of ether oxygens (including phenoxy) is 2. The SMILES string of the molecule is CC(C)(C)OC(=O)N[C@@H](Cc1cn(C(=O)OC(C)(C)C)cn1)C(=O)NC(C)(C)C(=O)N[C@@H](CCC(=O)O)C(=O)O. The summed E-state index contributed by atoms with van der Waals surface area (Å²) in [5, 5.41) is 25.3. The zero-order valence-electron chi connectivity index (χ0n) is 24.0. The molecule has 0 aromatic carbocycles. The molecule has 1 aromatic heterocycles. The minimum atomic E-state index is -1.68. The van der Waals surface area contributed by atoms with Gasteiger partial charge in [-0.15, -0.1) is 0 Å². The Morgan fingerprint density at radius 1 is 0.900 bits per heavy atom. The molecule has 40 heavy (non-hydrogen) atoms. The summed E-state index contributed by atoms with van der Waals surface area (Å²) < 4.78 is 11.6. The van der Waals surface area contributed by atoms with Gasteiger partial charge < -0.3 is 35.6 Å². The van der Waals surface area contributed by atoms with Crippen molar-refractivity contribution in [3.8, 4) is 0 Å². The molecular formula is C25H39N5O10. The molecule has 1 heterocycles. The molecule has 15 nitrogen and oxygen atoms in total. The van der Waals surface area contributed by atoms with Crippen molar-refractivity contribution in [1.82, 2.24) is 25.5 Å². The highest BCUT2D eigenvalue weighted by atomic mass is 16.6. The van der Waals surface area contributed by atoms with Crippen molar-refractivity contribution >= 4 is 35.9 Å². The lowest BCUT2D eigenvalue weighted by atomic mass is 10.0. The monoisotopic (exact) mass is 569 g/mol. The highest BCUT2D eigenvalue weighted by Crippen LogP contribution is 2.12. The fraction of sp³-hybridized carbons (Fsp3) is 0.640. The highest BCUT2D eigenvalue weighted by Gasteiger charge is 2.36. The van der Waals surface area contributed by atoms with E-state index in [1.807, 2.05) is 0 Å². The van der Waals surface area contributed by atoms with Crippen LogP contribution in [-0.2, 0) is 35.1 Å². The fourth-order valence-electron chi connectivity index (χ4n) is 3.07. The van der Waals surface area contributed by atoms with Gasteiger partial charge in [0.1, 0.15) is 35.2 Å². The summed E-state index contributed by atoms with van der Waals surface area (Å²) in [4.78, 5) is 77.3. The van der Waals surface area contributed by atoms with Crippen molar-refractivity contribution in [1.29, 1.82) is 0 Å². The average molecular weight is 570 g/mol. The quantitative estimate of drug-likeness (QED) is 0.257. The van der Waals surface area contributed by atoms with Gasteiger partial charge in [0, 0.05) is 19.0 Å². The first-order chi connectivity index (χ1) is 18.1. The van der Waals surface area contributed by atoms with Crippen LogP contribution >= 0.6 is 0 Å². The largest absolute Gasteiger partial charge is 0.481 e. The van der Waals surface area contributed by atoms with Crippen LogP contribution in [0.2, 0.25) is 0 Å². The maximum Gasteiger partial charge on any atom is 0.419 e. The Labute approximate surface area is 232 Å². The molecule has 0 aliphatic heterocycles. The molecule has 15 heteroatoms. The number of aliphatic carboxylic acids is 2. The van der Waals surface area contributed by atoms with Crippen LogP contribution in [0, 0.1) is 0 Å². The third-order valence-electron chi connectivity index (χ3n) is 4.91. The lowest BCUT2D eigenvalue weighted by Crippen LogP contribution is -2.61. The van der Waals surface area contributed by atoms with Crippen LogP contribution in [0.5, 0.6) is 0 Å². The number of rotatable bonds is 11. The first-order valence-corrected chi connectivity index (χ1v) is 12.4. The van der Waals surface area contributed by atoms with Gasteiger partial charge in [0.05, 0.1) is 5.69 Å². The van der Waals surface area contributed by atoms with Gasteiger partial charge in [0.2, 0.25) is 11.8 Å². The van der Waals surface area contributed by atoms with Gasteiger partial charge in [0.15, 0.2) is 0 Å². The number of carboxylic acids is 2. The Kier molecular flexibility index (Phi) is 11.2. The van der Waals surface area contributed by atoms with Crippen molar-refractivity contribution in [2.75, 3.05) is 0 Å². The second-order valence-corrected chi connectivity index (χ2v) is 11.6. The van der Waals surface area contributed by atoms with Crippen LogP contribution in [0.3, 0.4) is 0 Å². The number of carboxylic acid groups (broad SMARTS) is 2. The minimum Gasteiger partial charge on any atom is -0.481 e. The van der Waals surface area contributed by atoms with Crippen LogP contribution in [0.1, 0.15) is 73.9 Å². The normalized spacial score (nSPS) is 13.4. The number of carbonyl (C=O) groups is 6. The predicted molar refractivity (Wildman–Crippen MR) is 139 cm³/mol. The van der Waals surface area contributed by atoms with E-state index in [1.165, 1.54) is 26.4 Å². The van der Waals surface area contributed by atoms with E-state index in [0.29, 0.717) is 0 Å². The van der Waals surface area contributed by atoms with Crippen LogP contribution in [0.4, 0.5) is 9.59 Å². The summed E-state index contributed by atoms with van der Waals surface area (Å²) in [6, 6.07) is -2.83. The Morgan fingerprint density at radius 2 is 1.48 bits per heavy atom. The number of amides is 3. The molecule has 0 saturated carbocycles. The molecular weight excluding hydrogens is 530 g/mol. The number of aromatic nitrogens is 2. The Hall–Kier alpha value is -4.17. The molecule has 1 rings (SSSR count). The molecule has 2 atom stereocenters. The zero-order chi connectivity index (χ0) is 31.1. The molecule has 0 radical (unpaired) electrons. The van der Waals surface area contributed by atoms with E-state index in [2.05, 4.69) is 20.9 Å². The van der Waals surface area contributed by atoms with E-state index in [0.717, 1.165) is 4.57 Å². The zero-order valence-corrected chi connectivity index (χ0v) is 24.0. The van der Waals surface area contributed by atoms with E-state index in [9.17, 15) is 33.9 Å². The summed E-state index contributed by atoms with van der Waals surface area (Å²) >= 11 is 0. The molecule has 0 bridgehead atoms. The summed E-state index contributed by atoms with van der Waals surface area (Å²) in [5.41, 5.74) is -3.10. The Balaban J connectivity index is 3.12. The number of imidazole rings is 1. The van der Waals surface area contributed by atoms with Gasteiger partial charge in [-0.05, 0) is 61.8 Å². The molecule has 3 amide bonds. The molecule has 224 valence electrons. The van der Waals surface area contributed by atoms with Crippen LogP contribution in [0.25, 0.3) is 0 Å². The van der Waals surface area contributed by atoms with E-state index < -0.39 is 71.2 Å². The van der Waals surface area contributed by atoms with Gasteiger partial charge in [-0.1, -0.05) is 0 Å². The van der Waals surface area contributed by atoms with Gasteiger partial charge in [-0.25, -0.2) is 23.9 Å². The minimum absolute atomic E-state index is 0.213. The first kappa shape index (κ1) is 33.9. The van der Waals surface area contributed by atoms with Crippen molar-refractivity contribution in [3.05, 3.63) is 18.2 Å². The highest BCUT2D eigenvalue weighted by molar-refractivity contribution is 5.95. The van der Waals surface area contributed by atoms with Gasteiger partial charge in [-0.3, -0.25) is 14.4 Å². The molecule has 0 spiro atoms. The number of nitrogens with one attached hydrogen (secondary N) is 3. The molecule has 0 saturated heterocycles. The maximum absolute atomic E-state index is 13.3. The average Bonchev–Trinajstić information content (AvgIpc) is 3.21. The Morgan fingerprint density at radius 3 is 1.98 bits per heavy atom. The lowest BCUT2D eigenvalue weighted by molar-refractivity contribution is -0.144. The van der Waals surface area contributed by atoms with Gasteiger partial charge in [0.25, 0.3) is 0 Å². The lowest BCUT2D eigenvalue weighted by Gasteiger charge is -2.29. The van der Waals surface area contributed by atoms with Gasteiger partial charge in [-0.2, -0.15) is 0 Å². The molecule has 5 N–H and O–H groups in total.